The fourth-order valence-electron chi connectivity index (χ4n) is 0.518. The molecule has 0 aliphatic carbocycles. The molecule has 3 nitrogen and oxygen atoms in total. The van der Waals surface area contributed by atoms with E-state index >= 15 is 0 Å². The summed E-state index contributed by atoms with van der Waals surface area (Å²) in [6.45, 7) is 1.91. The number of nitrogens with one attached hydrogen (secondary N) is 2. The van der Waals surface area contributed by atoms with E-state index in [0.29, 0.717) is 0 Å². The molecule has 0 aromatic rings. The van der Waals surface area contributed by atoms with Gasteiger partial charge < -0.3 is 10.6 Å². The van der Waals surface area contributed by atoms with Gasteiger partial charge in [-0.1, -0.05) is 0 Å². The zero-order valence-corrected chi connectivity index (χ0v) is 5.14. The highest BCUT2D eigenvalue weighted by Gasteiger charge is 1.95. The quantitative estimate of drug-likeness (QED) is 0.490. The second-order valence-corrected chi connectivity index (χ2v) is 1.84. The SMILES string of the molecule is CC1=CNC(=O)NC=C1. The van der Waals surface area contributed by atoms with Gasteiger partial charge in [-0.25, -0.2) is 4.79 Å². The number of amides is 2. The number of hydrogen-bond donors (Lipinski definition) is 2. The van der Waals surface area contributed by atoms with Crippen molar-refractivity contribution >= 4 is 6.03 Å². The first kappa shape index (κ1) is 5.88. The van der Waals surface area contributed by atoms with Crippen molar-refractivity contribution in [3.63, 3.8) is 0 Å². The van der Waals surface area contributed by atoms with Gasteiger partial charge in [-0.15, -0.1) is 0 Å². The minimum Gasteiger partial charge on any atom is -0.314 e. The molecule has 0 bridgehead atoms. The summed E-state index contributed by atoms with van der Waals surface area (Å²) in [7, 11) is 0. The van der Waals surface area contributed by atoms with E-state index in [2.05, 4.69) is 10.6 Å². The Morgan fingerprint density at radius 3 is 3.00 bits per heavy atom. The van der Waals surface area contributed by atoms with Crippen LogP contribution in [0, 0.1) is 0 Å². The molecule has 3 heteroatoms. The van der Waals surface area contributed by atoms with Crippen molar-refractivity contribution in [2.24, 2.45) is 0 Å². The number of hydrogen-bond acceptors (Lipinski definition) is 1. The molecule has 0 atom stereocenters. The highest BCUT2D eigenvalue weighted by molar-refractivity contribution is 5.76. The molecule has 0 unspecified atom stereocenters. The summed E-state index contributed by atoms with van der Waals surface area (Å²) < 4.78 is 0. The van der Waals surface area contributed by atoms with Crippen molar-refractivity contribution < 1.29 is 4.79 Å². The molecule has 1 rings (SSSR count). The average molecular weight is 124 g/mol. The van der Waals surface area contributed by atoms with Gasteiger partial charge in [0.25, 0.3) is 0 Å². The van der Waals surface area contributed by atoms with E-state index in [-0.39, 0.29) is 6.03 Å². The van der Waals surface area contributed by atoms with Crippen LogP contribution in [0.3, 0.4) is 0 Å². The monoisotopic (exact) mass is 124 g/mol. The highest BCUT2D eigenvalue weighted by Crippen LogP contribution is 1.92. The third-order valence-electron chi connectivity index (χ3n) is 0.992. The Hall–Kier alpha value is -1.25. The minimum absolute atomic E-state index is 0.192. The zero-order valence-electron chi connectivity index (χ0n) is 5.14. The van der Waals surface area contributed by atoms with Gasteiger partial charge in [0.1, 0.15) is 0 Å². The van der Waals surface area contributed by atoms with Gasteiger partial charge in [0, 0.05) is 12.4 Å². The summed E-state index contributed by atoms with van der Waals surface area (Å²) in [5, 5.41) is 5.01. The lowest BCUT2D eigenvalue weighted by atomic mass is 10.3. The second-order valence-electron chi connectivity index (χ2n) is 1.84. The first-order valence-electron chi connectivity index (χ1n) is 2.69. The van der Waals surface area contributed by atoms with Gasteiger partial charge in [0.2, 0.25) is 0 Å². The van der Waals surface area contributed by atoms with Crippen molar-refractivity contribution in [2.45, 2.75) is 6.92 Å². The molecule has 0 aromatic heterocycles. The first-order valence-corrected chi connectivity index (χ1v) is 2.69. The van der Waals surface area contributed by atoms with Crippen molar-refractivity contribution in [3.05, 3.63) is 24.0 Å². The molecule has 0 saturated carbocycles. The lowest BCUT2D eigenvalue weighted by Crippen LogP contribution is -2.26. The van der Waals surface area contributed by atoms with Crippen molar-refractivity contribution in [3.8, 4) is 0 Å². The van der Waals surface area contributed by atoms with Gasteiger partial charge in [-0.3, -0.25) is 0 Å². The normalized spacial score (nSPS) is 17.4. The lowest BCUT2D eigenvalue weighted by molar-refractivity contribution is 0.247. The number of carbonyl (C=O) groups is 1. The summed E-state index contributed by atoms with van der Waals surface area (Å²) >= 11 is 0. The van der Waals surface area contributed by atoms with Crippen LogP contribution in [0.15, 0.2) is 24.0 Å². The molecule has 0 aromatic carbocycles. The van der Waals surface area contributed by atoms with Crippen LogP contribution in [0.25, 0.3) is 0 Å². The molecule has 1 aliphatic rings. The van der Waals surface area contributed by atoms with Crippen LogP contribution >= 0.6 is 0 Å². The first-order chi connectivity index (χ1) is 4.29. The van der Waals surface area contributed by atoms with Crippen molar-refractivity contribution in [2.75, 3.05) is 0 Å². The molecule has 2 N–H and O–H groups in total. The number of allylic oxidation sites excluding steroid dienone is 2. The number of urea groups is 1. The van der Waals surface area contributed by atoms with Gasteiger partial charge in [-0.2, -0.15) is 0 Å². The van der Waals surface area contributed by atoms with E-state index in [1.165, 1.54) is 0 Å². The predicted molar refractivity (Wildman–Crippen MR) is 34.6 cm³/mol. The van der Waals surface area contributed by atoms with E-state index in [1.54, 1.807) is 12.4 Å². The summed E-state index contributed by atoms with van der Waals surface area (Å²) in [4.78, 5) is 10.5. The highest BCUT2D eigenvalue weighted by atomic mass is 16.2. The van der Waals surface area contributed by atoms with E-state index in [0.717, 1.165) is 5.57 Å². The third-order valence-corrected chi connectivity index (χ3v) is 0.992. The Bertz CT molecular complexity index is 181. The average Bonchev–Trinajstić information content (AvgIpc) is 1.97. The lowest BCUT2D eigenvalue weighted by Gasteiger charge is -1.92. The van der Waals surface area contributed by atoms with Crippen molar-refractivity contribution in [1.29, 1.82) is 0 Å². The summed E-state index contributed by atoms with van der Waals surface area (Å²) in [5.74, 6) is 0. The fraction of sp³-hybridized carbons (Fsp3) is 0.167. The second kappa shape index (κ2) is 2.35. The Kier molecular flexibility index (Phi) is 1.53. The maximum absolute atomic E-state index is 10.5. The molecule has 9 heavy (non-hydrogen) atoms. The summed E-state index contributed by atoms with van der Waals surface area (Å²) in [6.07, 6.45) is 5.07. The van der Waals surface area contributed by atoms with E-state index in [9.17, 15) is 4.79 Å². The van der Waals surface area contributed by atoms with Crippen LogP contribution < -0.4 is 10.6 Å². The molecule has 0 saturated heterocycles. The fourth-order valence-corrected chi connectivity index (χ4v) is 0.518. The number of carbonyl (C=O) groups excluding carboxylic acids is 1. The summed E-state index contributed by atoms with van der Waals surface area (Å²) in [5.41, 5.74) is 1.02. The molecule has 0 spiro atoms. The van der Waals surface area contributed by atoms with Crippen LogP contribution in [0.2, 0.25) is 0 Å². The van der Waals surface area contributed by atoms with E-state index in [4.69, 9.17) is 0 Å². The Balaban J connectivity index is 2.69. The smallest absolute Gasteiger partial charge is 0.314 e. The van der Waals surface area contributed by atoms with Gasteiger partial charge in [0.15, 0.2) is 0 Å². The molecular formula is C6H8N2O. The van der Waals surface area contributed by atoms with Crippen LogP contribution in [0.1, 0.15) is 6.92 Å². The van der Waals surface area contributed by atoms with Crippen molar-refractivity contribution in [1.82, 2.24) is 10.6 Å². The largest absolute Gasteiger partial charge is 0.322 e. The molecule has 48 valence electrons. The molecule has 1 aliphatic heterocycles. The minimum atomic E-state index is -0.192. The third kappa shape index (κ3) is 1.60. The Labute approximate surface area is 53.4 Å². The van der Waals surface area contributed by atoms with Crippen LogP contribution in [-0.4, -0.2) is 6.03 Å². The number of rotatable bonds is 0. The molecule has 1 heterocycles. The van der Waals surface area contributed by atoms with Gasteiger partial charge >= 0.3 is 6.03 Å². The van der Waals surface area contributed by atoms with E-state index in [1.807, 2.05) is 13.0 Å². The van der Waals surface area contributed by atoms with Gasteiger partial charge in [0.05, 0.1) is 0 Å². The van der Waals surface area contributed by atoms with Crippen LogP contribution in [0.5, 0.6) is 0 Å². The van der Waals surface area contributed by atoms with Gasteiger partial charge in [-0.05, 0) is 18.6 Å². The molecule has 2 amide bonds. The molecule has 0 radical (unpaired) electrons. The standard InChI is InChI=1S/C6H8N2O/c1-5-2-3-7-6(9)8-4-5/h2-4H,1H3,(H2,7,8,9). The summed E-state index contributed by atoms with van der Waals surface area (Å²) in [6, 6.07) is -0.192. The molecular weight excluding hydrogens is 116 g/mol. The maximum atomic E-state index is 10.5. The molecule has 0 fully saturated rings. The zero-order chi connectivity index (χ0) is 6.69. The Morgan fingerprint density at radius 2 is 2.22 bits per heavy atom. The predicted octanol–water partition coefficient (Wildman–Crippen LogP) is 0.717. The van der Waals surface area contributed by atoms with Crippen LogP contribution in [-0.2, 0) is 0 Å². The van der Waals surface area contributed by atoms with E-state index < -0.39 is 0 Å². The maximum Gasteiger partial charge on any atom is 0.322 e. The van der Waals surface area contributed by atoms with Crippen LogP contribution in [0.4, 0.5) is 4.79 Å². The Morgan fingerprint density at radius 1 is 1.44 bits per heavy atom. The topological polar surface area (TPSA) is 41.1 Å².